The van der Waals surface area contributed by atoms with Crippen molar-refractivity contribution in [3.63, 3.8) is 0 Å². The van der Waals surface area contributed by atoms with Crippen LogP contribution in [0.4, 0.5) is 0 Å². The van der Waals surface area contributed by atoms with E-state index >= 15 is 0 Å². The third-order valence-electron chi connectivity index (χ3n) is 5.67. The zero-order valence-corrected chi connectivity index (χ0v) is 19.8. The molecule has 2 atom stereocenters. The molecule has 0 saturated carbocycles. The highest BCUT2D eigenvalue weighted by atomic mass is 17.0. The topological polar surface area (TPSA) is 123 Å². The quantitative estimate of drug-likeness (QED) is 0.373. The summed E-state index contributed by atoms with van der Waals surface area (Å²) in [5.41, 5.74) is 1.68. The average molecular weight is 470 g/mol. The molecular formula is C24H26N2O8. The lowest BCUT2D eigenvalue weighted by Gasteiger charge is -2.35. The van der Waals surface area contributed by atoms with E-state index < -0.39 is 15.8 Å². The normalized spacial score (nSPS) is 19.2. The van der Waals surface area contributed by atoms with Gasteiger partial charge in [0, 0.05) is 5.92 Å². The largest absolute Gasteiger partial charge is 0.483 e. The Morgan fingerprint density at radius 2 is 1.26 bits per heavy atom. The lowest BCUT2D eigenvalue weighted by atomic mass is 9.86. The average Bonchev–Trinajstić information content (AvgIpc) is 2.70. The molecule has 2 aromatic rings. The van der Waals surface area contributed by atoms with Gasteiger partial charge in [-0.2, -0.15) is 0 Å². The molecule has 0 heterocycles. The number of aryl methyl sites for hydroxylation is 4. The first-order chi connectivity index (χ1) is 15.9. The number of rotatable bonds is 8. The van der Waals surface area contributed by atoms with E-state index in [0.29, 0.717) is 39.5 Å². The Hall–Kier alpha value is -4.08. The monoisotopic (exact) mass is 470 g/mol. The summed E-state index contributed by atoms with van der Waals surface area (Å²) < 4.78 is 12.3. The summed E-state index contributed by atoms with van der Waals surface area (Å²) in [5.74, 6) is 2.02. The summed E-state index contributed by atoms with van der Waals surface area (Å²) >= 11 is 0. The summed E-state index contributed by atoms with van der Waals surface area (Å²) in [6, 6.07) is 6.76. The van der Waals surface area contributed by atoms with Gasteiger partial charge in [-0.15, -0.1) is 20.2 Å². The van der Waals surface area contributed by atoms with Gasteiger partial charge in [0.15, 0.2) is 0 Å². The molecule has 0 aliphatic heterocycles. The molecule has 0 bridgehead atoms. The van der Waals surface area contributed by atoms with E-state index in [1.54, 1.807) is 58.0 Å². The Balaban J connectivity index is 1.76. The number of benzene rings is 2. The summed E-state index contributed by atoms with van der Waals surface area (Å²) in [6.45, 7) is 10.8. The molecule has 1 aliphatic carbocycles. The molecular weight excluding hydrogens is 444 g/mol. The highest BCUT2D eigenvalue weighted by Gasteiger charge is 2.33. The van der Waals surface area contributed by atoms with Crippen molar-refractivity contribution in [2.24, 2.45) is 5.92 Å². The van der Waals surface area contributed by atoms with Gasteiger partial charge in [0.2, 0.25) is 0 Å². The van der Waals surface area contributed by atoms with E-state index in [2.05, 4.69) is 9.68 Å². The molecule has 0 radical (unpaired) electrons. The van der Waals surface area contributed by atoms with Crippen molar-refractivity contribution in [1.29, 1.82) is 0 Å². The lowest BCUT2D eigenvalue weighted by Crippen LogP contribution is -2.38. The predicted molar refractivity (Wildman–Crippen MR) is 123 cm³/mol. The molecule has 3 rings (SSSR count). The minimum atomic E-state index is -0.837. The minimum Gasteiger partial charge on any atom is -0.483 e. The van der Waals surface area contributed by atoms with E-state index in [4.69, 9.17) is 9.47 Å². The molecule has 0 fully saturated rings. The Morgan fingerprint density at radius 3 is 1.68 bits per heavy atom. The van der Waals surface area contributed by atoms with E-state index in [9.17, 15) is 20.2 Å². The van der Waals surface area contributed by atoms with Crippen LogP contribution >= 0.6 is 0 Å². The Bertz CT molecular complexity index is 1160. The second-order valence-electron chi connectivity index (χ2n) is 8.48. The fourth-order valence-corrected chi connectivity index (χ4v) is 3.83. The molecule has 10 nitrogen and oxygen atoms in total. The maximum absolute atomic E-state index is 10.7. The van der Waals surface area contributed by atoms with Crippen molar-refractivity contribution in [3.8, 4) is 23.0 Å². The van der Waals surface area contributed by atoms with Crippen molar-refractivity contribution >= 4 is 0 Å². The van der Waals surface area contributed by atoms with Crippen LogP contribution in [0, 0.1) is 53.8 Å². The van der Waals surface area contributed by atoms with Crippen molar-refractivity contribution in [1.82, 2.24) is 0 Å². The Labute approximate surface area is 196 Å². The van der Waals surface area contributed by atoms with Crippen LogP contribution in [0.2, 0.25) is 0 Å². The second kappa shape index (κ2) is 9.42. The van der Waals surface area contributed by atoms with Crippen LogP contribution in [0.5, 0.6) is 23.0 Å². The van der Waals surface area contributed by atoms with Gasteiger partial charge in [0.25, 0.3) is 10.2 Å². The second-order valence-corrected chi connectivity index (χ2v) is 8.48. The third-order valence-corrected chi connectivity index (χ3v) is 5.67. The SMILES string of the molecule is Cc1cc(OC2=CC(C)C(C)(Oc3cc(C)c(O[N+](=O)[O-])c(C)c3)C=C2)cc(C)c1O[N+](=O)[O-]. The number of hydrogen-bond donors (Lipinski definition) is 0. The van der Waals surface area contributed by atoms with Crippen LogP contribution in [-0.2, 0) is 0 Å². The van der Waals surface area contributed by atoms with Crippen LogP contribution in [0.15, 0.2) is 48.3 Å². The van der Waals surface area contributed by atoms with Gasteiger partial charge in [-0.25, -0.2) is 0 Å². The number of ether oxygens (including phenoxy) is 2. The fourth-order valence-electron chi connectivity index (χ4n) is 3.83. The molecule has 1 aliphatic rings. The molecule has 0 amide bonds. The third kappa shape index (κ3) is 5.45. The minimum absolute atomic E-state index is 0.0814. The zero-order valence-electron chi connectivity index (χ0n) is 19.8. The van der Waals surface area contributed by atoms with E-state index in [1.165, 1.54) is 0 Å². The summed E-state index contributed by atoms with van der Waals surface area (Å²) in [5, 5.41) is 19.7. The first kappa shape index (κ1) is 24.6. The molecule has 0 spiro atoms. The van der Waals surface area contributed by atoms with E-state index in [-0.39, 0.29) is 17.4 Å². The highest BCUT2D eigenvalue weighted by Crippen LogP contribution is 2.36. The summed E-state index contributed by atoms with van der Waals surface area (Å²) in [7, 11) is 0. The van der Waals surface area contributed by atoms with Gasteiger partial charge >= 0.3 is 0 Å². The molecule has 0 aromatic heterocycles. The van der Waals surface area contributed by atoms with Crippen molar-refractivity contribution in [2.45, 2.75) is 47.1 Å². The molecule has 180 valence electrons. The van der Waals surface area contributed by atoms with Gasteiger partial charge in [-0.1, -0.05) is 6.92 Å². The number of nitrogens with zero attached hydrogens (tertiary/aromatic N) is 2. The molecule has 0 N–H and O–H groups in total. The maximum Gasteiger partial charge on any atom is 0.299 e. The van der Waals surface area contributed by atoms with Crippen LogP contribution < -0.4 is 19.1 Å². The van der Waals surface area contributed by atoms with Gasteiger partial charge in [-0.3, -0.25) is 9.68 Å². The number of allylic oxidation sites excluding steroid dienone is 1. The standard InChI is InChI=1S/C24H26N2O8/c1-14-9-20(10-15(2)22(14)33-25(27)28)31-19-7-8-24(6,18(5)13-19)32-21-11-16(3)23(17(4)12-21)34-26(29)30/h7-13,18H,1-6H3. The Morgan fingerprint density at radius 1 is 0.824 bits per heavy atom. The molecule has 10 heteroatoms. The zero-order chi connectivity index (χ0) is 25.2. The van der Waals surface area contributed by atoms with Gasteiger partial charge in [0.1, 0.15) is 34.4 Å². The molecule has 2 aromatic carbocycles. The van der Waals surface area contributed by atoms with Crippen molar-refractivity contribution in [2.75, 3.05) is 0 Å². The summed E-state index contributed by atoms with van der Waals surface area (Å²) in [4.78, 5) is 30.7. The highest BCUT2D eigenvalue weighted by molar-refractivity contribution is 5.48. The first-order valence-electron chi connectivity index (χ1n) is 10.5. The van der Waals surface area contributed by atoms with Crippen LogP contribution in [0.25, 0.3) is 0 Å². The summed E-state index contributed by atoms with van der Waals surface area (Å²) in [6.07, 6.45) is 5.62. The Kier molecular flexibility index (Phi) is 6.80. The fraction of sp³-hybridized carbons (Fsp3) is 0.333. The molecule has 34 heavy (non-hydrogen) atoms. The van der Waals surface area contributed by atoms with Crippen molar-refractivity contribution < 1.29 is 29.3 Å². The van der Waals surface area contributed by atoms with Crippen molar-refractivity contribution in [3.05, 3.63) is 90.7 Å². The smallest absolute Gasteiger partial charge is 0.299 e. The first-order valence-corrected chi connectivity index (χ1v) is 10.5. The van der Waals surface area contributed by atoms with E-state index in [1.807, 2.05) is 26.0 Å². The number of hydrogen-bond acceptors (Lipinski definition) is 8. The van der Waals surface area contributed by atoms with Gasteiger partial charge < -0.3 is 9.47 Å². The predicted octanol–water partition coefficient (Wildman–Crippen LogP) is 5.37. The lowest BCUT2D eigenvalue weighted by molar-refractivity contribution is -0.711. The van der Waals surface area contributed by atoms with E-state index in [0.717, 1.165) is 0 Å². The molecule has 2 unspecified atom stereocenters. The molecule has 0 saturated heterocycles. The maximum atomic E-state index is 10.7. The van der Waals surface area contributed by atoms with Gasteiger partial charge in [-0.05, 0) is 99.4 Å². The van der Waals surface area contributed by atoms with Crippen LogP contribution in [-0.4, -0.2) is 15.8 Å². The van der Waals surface area contributed by atoms with Crippen LogP contribution in [0.3, 0.4) is 0 Å². The van der Waals surface area contributed by atoms with Crippen LogP contribution in [0.1, 0.15) is 36.1 Å². The van der Waals surface area contributed by atoms with Gasteiger partial charge in [0.05, 0.1) is 0 Å².